The van der Waals surface area contributed by atoms with Gasteiger partial charge in [0, 0.05) is 22.4 Å². The van der Waals surface area contributed by atoms with E-state index in [0.29, 0.717) is 17.1 Å². The molecule has 3 rings (SSSR count). The Morgan fingerprint density at radius 2 is 1.83 bits per heavy atom. The molecule has 2 aromatic carbocycles. The van der Waals surface area contributed by atoms with Gasteiger partial charge in [-0.3, -0.25) is 9.59 Å². The Morgan fingerprint density at radius 3 is 2.50 bits per heavy atom. The van der Waals surface area contributed by atoms with Crippen molar-refractivity contribution in [2.45, 2.75) is 26.1 Å². The van der Waals surface area contributed by atoms with Gasteiger partial charge in [0.25, 0.3) is 0 Å². The third-order valence-electron chi connectivity index (χ3n) is 5.69. The minimum absolute atomic E-state index is 0.0334. The van der Waals surface area contributed by atoms with Crippen molar-refractivity contribution < 1.29 is 19.2 Å². The molecule has 1 amide bonds. The van der Waals surface area contributed by atoms with Crippen LogP contribution in [0, 0.1) is 6.92 Å². The van der Waals surface area contributed by atoms with Crippen LogP contribution in [0.25, 0.3) is 0 Å². The summed E-state index contributed by atoms with van der Waals surface area (Å²) < 4.78 is 5.40. The topological polar surface area (TPSA) is 51.1 Å². The summed E-state index contributed by atoms with van der Waals surface area (Å²) in [6, 6.07) is 14.0. The first kappa shape index (κ1) is 22.4. The highest BCUT2D eigenvalue weighted by Crippen LogP contribution is 2.25. The summed E-state index contributed by atoms with van der Waals surface area (Å²) in [5, 5.41) is 0. The molecule has 30 heavy (non-hydrogen) atoms. The zero-order valence-corrected chi connectivity index (χ0v) is 18.9. The lowest BCUT2D eigenvalue weighted by Crippen LogP contribution is -3.13. The summed E-state index contributed by atoms with van der Waals surface area (Å²) in [5.74, 6) is 2.07. The number of ether oxygens (including phenoxy) is 1. The lowest BCUT2D eigenvalue weighted by Gasteiger charge is -2.32. The molecule has 160 valence electrons. The van der Waals surface area contributed by atoms with E-state index in [1.54, 1.807) is 31.9 Å². The molecular formula is C24H31N2O3S+. The number of aryl methyl sites for hydroxylation is 1. The average Bonchev–Trinajstić information content (AvgIpc) is 2.75. The number of amides is 1. The van der Waals surface area contributed by atoms with Crippen LogP contribution in [0.1, 0.15) is 34.0 Å². The van der Waals surface area contributed by atoms with Crippen LogP contribution in [-0.2, 0) is 17.1 Å². The third-order valence-corrected chi connectivity index (χ3v) is 6.66. The first-order valence-corrected chi connectivity index (χ1v) is 11.5. The van der Waals surface area contributed by atoms with E-state index < -0.39 is 0 Å². The first-order valence-electron chi connectivity index (χ1n) is 10.4. The summed E-state index contributed by atoms with van der Waals surface area (Å²) in [6.07, 6.45) is 0. The monoisotopic (exact) mass is 427 g/mol. The van der Waals surface area contributed by atoms with Crippen molar-refractivity contribution >= 4 is 23.5 Å². The van der Waals surface area contributed by atoms with E-state index in [1.165, 1.54) is 16.0 Å². The molecule has 1 N–H and O–H groups in total. The molecule has 0 aromatic heterocycles. The lowest BCUT2D eigenvalue weighted by molar-refractivity contribution is -0.917. The Kier molecular flexibility index (Phi) is 7.94. The number of methoxy groups -OCH3 is 1. The molecule has 1 saturated heterocycles. The van der Waals surface area contributed by atoms with Crippen LogP contribution in [0.2, 0.25) is 0 Å². The van der Waals surface area contributed by atoms with E-state index in [1.807, 2.05) is 17.0 Å². The van der Waals surface area contributed by atoms with Crippen LogP contribution in [0.5, 0.6) is 5.75 Å². The van der Waals surface area contributed by atoms with Crippen molar-refractivity contribution in [3.8, 4) is 5.75 Å². The first-order chi connectivity index (χ1) is 14.5. The fourth-order valence-corrected chi connectivity index (χ4v) is 4.68. The van der Waals surface area contributed by atoms with E-state index >= 15 is 0 Å². The molecule has 0 bridgehead atoms. The van der Waals surface area contributed by atoms with Gasteiger partial charge in [-0.1, -0.05) is 24.3 Å². The predicted molar refractivity (Wildman–Crippen MR) is 121 cm³/mol. The van der Waals surface area contributed by atoms with Crippen LogP contribution in [-0.4, -0.2) is 55.6 Å². The van der Waals surface area contributed by atoms with E-state index in [-0.39, 0.29) is 11.7 Å². The number of ketones is 1. The molecule has 0 unspecified atom stereocenters. The van der Waals surface area contributed by atoms with Gasteiger partial charge >= 0.3 is 0 Å². The Morgan fingerprint density at radius 1 is 1.10 bits per heavy atom. The number of hydrogen-bond donors (Lipinski definition) is 1. The number of nitrogens with one attached hydrogen (secondary N) is 1. The van der Waals surface area contributed by atoms with Crippen molar-refractivity contribution in [1.82, 2.24) is 4.90 Å². The largest absolute Gasteiger partial charge is 0.496 e. The van der Waals surface area contributed by atoms with Crippen molar-refractivity contribution in [3.05, 3.63) is 64.7 Å². The normalized spacial score (nSPS) is 14.6. The second kappa shape index (κ2) is 10.6. The van der Waals surface area contributed by atoms with E-state index in [9.17, 15) is 9.59 Å². The zero-order valence-electron chi connectivity index (χ0n) is 18.1. The van der Waals surface area contributed by atoms with Gasteiger partial charge in [-0.05, 0) is 37.6 Å². The maximum Gasteiger partial charge on any atom is 0.232 e. The van der Waals surface area contributed by atoms with Gasteiger partial charge in [0.15, 0.2) is 5.78 Å². The molecule has 0 saturated carbocycles. The highest BCUT2D eigenvalue weighted by molar-refractivity contribution is 7.99. The molecule has 6 heteroatoms. The highest BCUT2D eigenvalue weighted by Gasteiger charge is 2.24. The molecule has 0 aliphatic carbocycles. The lowest BCUT2D eigenvalue weighted by atomic mass is 10.1. The second-order valence-electron chi connectivity index (χ2n) is 7.81. The number of quaternary nitrogens is 1. The van der Waals surface area contributed by atoms with Gasteiger partial charge in [-0.2, -0.15) is 0 Å². The second-order valence-corrected chi connectivity index (χ2v) is 8.80. The zero-order chi connectivity index (χ0) is 21.5. The van der Waals surface area contributed by atoms with Gasteiger partial charge in [-0.25, -0.2) is 0 Å². The smallest absolute Gasteiger partial charge is 0.232 e. The van der Waals surface area contributed by atoms with Crippen LogP contribution in [0.3, 0.4) is 0 Å². The number of hydrogen-bond acceptors (Lipinski definition) is 4. The fraction of sp³-hybridized carbons (Fsp3) is 0.417. The summed E-state index contributed by atoms with van der Waals surface area (Å²) >= 11 is 1.57. The number of carbonyl (C=O) groups is 2. The van der Waals surface area contributed by atoms with E-state index in [4.69, 9.17) is 4.74 Å². The van der Waals surface area contributed by atoms with E-state index in [0.717, 1.165) is 44.0 Å². The molecule has 1 heterocycles. The fourth-order valence-electron chi connectivity index (χ4n) is 3.78. The Balaban J connectivity index is 1.46. The van der Waals surface area contributed by atoms with Crippen LogP contribution < -0.4 is 9.64 Å². The Hall–Kier alpha value is -2.31. The maximum absolute atomic E-state index is 12.6. The summed E-state index contributed by atoms with van der Waals surface area (Å²) in [5.41, 5.74) is 4.36. The molecule has 0 atom stereocenters. The van der Waals surface area contributed by atoms with Gasteiger partial charge < -0.3 is 14.5 Å². The molecule has 0 radical (unpaired) electrons. The van der Waals surface area contributed by atoms with Crippen molar-refractivity contribution in [2.24, 2.45) is 0 Å². The molecular weight excluding hydrogens is 396 g/mol. The van der Waals surface area contributed by atoms with Gasteiger partial charge in [-0.15, -0.1) is 11.8 Å². The van der Waals surface area contributed by atoms with Crippen molar-refractivity contribution in [1.29, 1.82) is 0 Å². The number of nitrogens with zero attached hydrogens (tertiary/aromatic N) is 1. The number of thioether (sulfide) groups is 1. The van der Waals surface area contributed by atoms with Crippen LogP contribution >= 0.6 is 11.8 Å². The van der Waals surface area contributed by atoms with Gasteiger partial charge in [0.1, 0.15) is 12.3 Å². The standard InChI is InChI=1S/C24H30N2O3S/c1-18-6-4-5-7-21(18)15-25-10-12-26(13-11-25)24(28)17-30-16-22-14-20(19(2)27)8-9-23(22)29-3/h4-9,14H,10-13,15-17H2,1-3H3/p+1. The van der Waals surface area contributed by atoms with Crippen molar-refractivity contribution in [2.75, 3.05) is 39.0 Å². The highest BCUT2D eigenvalue weighted by atomic mass is 32.2. The summed E-state index contributed by atoms with van der Waals surface area (Å²) in [4.78, 5) is 27.8. The predicted octanol–water partition coefficient (Wildman–Crippen LogP) is 2.37. The molecule has 0 spiro atoms. The number of benzene rings is 2. The minimum atomic E-state index is 0.0334. The number of Topliss-reactive ketones (excluding diaryl/α,β-unsaturated/α-hetero) is 1. The number of piperazine rings is 1. The number of rotatable bonds is 8. The molecule has 5 nitrogen and oxygen atoms in total. The third kappa shape index (κ3) is 5.86. The maximum atomic E-state index is 12.6. The Bertz CT molecular complexity index is 892. The van der Waals surface area contributed by atoms with Crippen molar-refractivity contribution in [3.63, 3.8) is 0 Å². The molecule has 2 aromatic rings. The van der Waals surface area contributed by atoms with Gasteiger partial charge in [0.2, 0.25) is 5.91 Å². The van der Waals surface area contributed by atoms with Crippen LogP contribution in [0.15, 0.2) is 42.5 Å². The summed E-state index contributed by atoms with van der Waals surface area (Å²) in [6.45, 7) is 8.33. The summed E-state index contributed by atoms with van der Waals surface area (Å²) in [7, 11) is 1.63. The average molecular weight is 428 g/mol. The molecule has 1 fully saturated rings. The quantitative estimate of drug-likeness (QED) is 0.657. The molecule has 1 aliphatic rings. The number of carbonyl (C=O) groups excluding carboxylic acids is 2. The SMILES string of the molecule is COc1ccc(C(C)=O)cc1CSCC(=O)N1CC[NH+](Cc2ccccc2C)CC1. The van der Waals surface area contributed by atoms with Gasteiger partial charge in [0.05, 0.1) is 39.0 Å². The van der Waals surface area contributed by atoms with Crippen LogP contribution in [0.4, 0.5) is 0 Å². The van der Waals surface area contributed by atoms with E-state index in [2.05, 4.69) is 31.2 Å². The Labute approximate surface area is 183 Å². The molecule has 1 aliphatic heterocycles. The minimum Gasteiger partial charge on any atom is -0.496 e.